The highest BCUT2D eigenvalue weighted by molar-refractivity contribution is 5.69. The Hall–Kier alpha value is -2.05. The summed E-state index contributed by atoms with van der Waals surface area (Å²) in [5, 5.41) is 0. The number of unbranched alkanes of at least 4 members (excludes halogenated alkanes) is 2. The number of aromatic nitrogens is 2. The number of nitrogen functional groups attached to an aromatic ring is 1. The van der Waals surface area contributed by atoms with Gasteiger partial charge in [-0.15, -0.1) is 0 Å². The fourth-order valence-electron chi connectivity index (χ4n) is 1.54. The van der Waals surface area contributed by atoms with Crippen molar-refractivity contribution in [2.45, 2.75) is 32.6 Å². The topological polar surface area (TPSA) is 96.6 Å². The molecule has 0 atom stereocenters. The van der Waals surface area contributed by atoms with E-state index in [-0.39, 0.29) is 12.0 Å². The largest absolute Gasteiger partial charge is 0.477 e. The highest BCUT2D eigenvalue weighted by atomic mass is 16.5. The molecule has 0 saturated heterocycles. The first-order valence-electron chi connectivity index (χ1n) is 6.62. The zero-order chi connectivity index (χ0) is 14.8. The van der Waals surface area contributed by atoms with Crippen LogP contribution in [-0.4, -0.2) is 36.3 Å². The fourth-order valence-corrected chi connectivity index (χ4v) is 1.54. The number of hydrogen-bond donors (Lipinski definition) is 1. The third kappa shape index (κ3) is 6.21. The number of rotatable bonds is 9. The summed E-state index contributed by atoms with van der Waals surface area (Å²) < 4.78 is 15.2. The minimum Gasteiger partial charge on any atom is -0.477 e. The van der Waals surface area contributed by atoms with Crippen molar-refractivity contribution in [2.75, 3.05) is 26.1 Å². The van der Waals surface area contributed by atoms with Gasteiger partial charge in [-0.2, -0.15) is 9.97 Å². The monoisotopic (exact) mass is 283 g/mol. The molecule has 1 aromatic rings. The molecule has 0 bridgehead atoms. The molecule has 0 fully saturated rings. The Kier molecular flexibility index (Phi) is 7.16. The van der Waals surface area contributed by atoms with Gasteiger partial charge in [-0.05, 0) is 26.2 Å². The van der Waals surface area contributed by atoms with Gasteiger partial charge in [0, 0.05) is 12.5 Å². The Labute approximate surface area is 118 Å². The molecule has 0 amide bonds. The summed E-state index contributed by atoms with van der Waals surface area (Å²) in [5.74, 6) is 0.538. The van der Waals surface area contributed by atoms with E-state index < -0.39 is 0 Å². The van der Waals surface area contributed by atoms with E-state index in [2.05, 4.69) is 9.97 Å². The van der Waals surface area contributed by atoms with E-state index in [1.807, 2.05) is 0 Å². The molecule has 1 aromatic heterocycles. The molecule has 7 nitrogen and oxygen atoms in total. The average Bonchev–Trinajstić information content (AvgIpc) is 2.42. The lowest BCUT2D eigenvalue weighted by atomic mass is 10.2. The highest BCUT2D eigenvalue weighted by Gasteiger charge is 2.04. The minimum absolute atomic E-state index is 0.151. The van der Waals surface area contributed by atoms with Crippen molar-refractivity contribution in [2.24, 2.45) is 0 Å². The molecule has 0 aliphatic heterocycles. The molecule has 1 rings (SSSR count). The second-order valence-corrected chi connectivity index (χ2v) is 4.08. The predicted octanol–water partition coefficient (Wildman–Crippen LogP) is 1.57. The smallest absolute Gasteiger partial charge is 0.321 e. The lowest BCUT2D eigenvalue weighted by Gasteiger charge is -2.07. The maximum absolute atomic E-state index is 11.1. The second kappa shape index (κ2) is 8.95. The van der Waals surface area contributed by atoms with Gasteiger partial charge in [0.1, 0.15) is 5.82 Å². The first-order chi connectivity index (χ1) is 9.65. The zero-order valence-electron chi connectivity index (χ0n) is 11.9. The molecular weight excluding hydrogens is 262 g/mol. The lowest BCUT2D eigenvalue weighted by molar-refractivity contribution is -0.143. The lowest BCUT2D eigenvalue weighted by Crippen LogP contribution is -2.05. The highest BCUT2D eigenvalue weighted by Crippen LogP contribution is 2.15. The van der Waals surface area contributed by atoms with E-state index in [0.717, 1.165) is 19.3 Å². The molecule has 0 spiro atoms. The molecule has 0 aromatic carbocycles. The molecule has 0 saturated carbocycles. The minimum atomic E-state index is -0.151. The van der Waals surface area contributed by atoms with Crippen molar-refractivity contribution < 1.29 is 19.0 Å². The average molecular weight is 283 g/mol. The Morgan fingerprint density at radius 1 is 1.30 bits per heavy atom. The standard InChI is InChI=1S/C13H21N3O4/c1-3-19-12(17)7-5-4-6-8-20-11-9-10(14)15-13(16-11)18-2/h9H,3-8H2,1-2H3,(H2,14,15,16). The number of nitrogens with two attached hydrogens (primary N) is 1. The van der Waals surface area contributed by atoms with Crippen molar-refractivity contribution in [1.82, 2.24) is 9.97 Å². The van der Waals surface area contributed by atoms with Crippen molar-refractivity contribution >= 4 is 11.8 Å². The number of methoxy groups -OCH3 is 1. The van der Waals surface area contributed by atoms with Gasteiger partial charge >= 0.3 is 12.0 Å². The summed E-state index contributed by atoms with van der Waals surface area (Å²) in [6.45, 7) is 2.73. The molecule has 112 valence electrons. The maximum atomic E-state index is 11.1. The van der Waals surface area contributed by atoms with Crippen LogP contribution >= 0.6 is 0 Å². The molecule has 1 heterocycles. The van der Waals surface area contributed by atoms with Gasteiger partial charge in [0.05, 0.1) is 20.3 Å². The summed E-state index contributed by atoms with van der Waals surface area (Å²) in [7, 11) is 1.47. The van der Waals surface area contributed by atoms with Crippen LogP contribution in [0.3, 0.4) is 0 Å². The van der Waals surface area contributed by atoms with E-state index in [1.165, 1.54) is 7.11 Å². The quantitative estimate of drug-likeness (QED) is 0.542. The van der Waals surface area contributed by atoms with E-state index in [0.29, 0.717) is 31.3 Å². The number of esters is 1. The van der Waals surface area contributed by atoms with Gasteiger partial charge in [-0.25, -0.2) is 0 Å². The Balaban J connectivity index is 2.18. The van der Waals surface area contributed by atoms with Crippen LogP contribution in [0.5, 0.6) is 11.9 Å². The number of nitrogens with zero attached hydrogens (tertiary/aromatic N) is 2. The van der Waals surface area contributed by atoms with Crippen LogP contribution in [0.2, 0.25) is 0 Å². The summed E-state index contributed by atoms with van der Waals surface area (Å²) >= 11 is 0. The first kappa shape index (κ1) is 16.0. The molecule has 0 radical (unpaired) electrons. The summed E-state index contributed by atoms with van der Waals surface area (Å²) in [6.07, 6.45) is 2.95. The van der Waals surface area contributed by atoms with Crippen molar-refractivity contribution in [3.63, 3.8) is 0 Å². The van der Waals surface area contributed by atoms with Gasteiger partial charge < -0.3 is 19.9 Å². The van der Waals surface area contributed by atoms with Crippen LogP contribution in [0.4, 0.5) is 5.82 Å². The van der Waals surface area contributed by atoms with E-state index in [4.69, 9.17) is 19.9 Å². The van der Waals surface area contributed by atoms with E-state index in [9.17, 15) is 4.79 Å². The van der Waals surface area contributed by atoms with Crippen molar-refractivity contribution in [1.29, 1.82) is 0 Å². The van der Waals surface area contributed by atoms with Crippen LogP contribution in [0.25, 0.3) is 0 Å². The van der Waals surface area contributed by atoms with Crippen LogP contribution in [0, 0.1) is 0 Å². The molecule has 0 unspecified atom stereocenters. The van der Waals surface area contributed by atoms with Crippen LogP contribution < -0.4 is 15.2 Å². The third-order valence-corrected chi connectivity index (χ3v) is 2.47. The summed E-state index contributed by atoms with van der Waals surface area (Å²) in [4.78, 5) is 19.0. The Bertz CT molecular complexity index is 426. The van der Waals surface area contributed by atoms with Crippen molar-refractivity contribution in [3.05, 3.63) is 6.07 Å². The molecule has 0 aliphatic rings. The van der Waals surface area contributed by atoms with Gasteiger partial charge in [0.25, 0.3) is 0 Å². The van der Waals surface area contributed by atoms with Gasteiger partial charge in [0.2, 0.25) is 5.88 Å². The number of carbonyl (C=O) groups excluding carboxylic acids is 1. The van der Waals surface area contributed by atoms with Crippen LogP contribution in [-0.2, 0) is 9.53 Å². The molecule has 2 N–H and O–H groups in total. The normalized spacial score (nSPS) is 10.1. The van der Waals surface area contributed by atoms with Crippen molar-refractivity contribution in [3.8, 4) is 11.9 Å². The number of ether oxygens (including phenoxy) is 3. The van der Waals surface area contributed by atoms with E-state index >= 15 is 0 Å². The summed E-state index contributed by atoms with van der Waals surface area (Å²) in [6, 6.07) is 1.73. The number of hydrogen-bond acceptors (Lipinski definition) is 7. The fraction of sp³-hybridized carbons (Fsp3) is 0.615. The molecule has 0 aliphatic carbocycles. The second-order valence-electron chi connectivity index (χ2n) is 4.08. The first-order valence-corrected chi connectivity index (χ1v) is 6.62. The molecule has 7 heteroatoms. The number of anilines is 1. The van der Waals surface area contributed by atoms with Gasteiger partial charge in [0.15, 0.2) is 0 Å². The Morgan fingerprint density at radius 3 is 2.80 bits per heavy atom. The predicted molar refractivity (Wildman–Crippen MR) is 73.6 cm³/mol. The summed E-state index contributed by atoms with van der Waals surface area (Å²) in [5.41, 5.74) is 5.59. The van der Waals surface area contributed by atoms with Gasteiger partial charge in [-0.1, -0.05) is 0 Å². The zero-order valence-corrected chi connectivity index (χ0v) is 11.9. The van der Waals surface area contributed by atoms with Crippen LogP contribution in [0.1, 0.15) is 32.6 Å². The SMILES string of the molecule is CCOC(=O)CCCCCOc1cc(N)nc(OC)n1. The van der Waals surface area contributed by atoms with Crippen LogP contribution in [0.15, 0.2) is 6.07 Å². The molecule has 20 heavy (non-hydrogen) atoms. The Morgan fingerprint density at radius 2 is 2.10 bits per heavy atom. The van der Waals surface area contributed by atoms with E-state index in [1.54, 1.807) is 13.0 Å². The number of carbonyl (C=O) groups is 1. The van der Waals surface area contributed by atoms with Gasteiger partial charge in [-0.3, -0.25) is 4.79 Å². The third-order valence-electron chi connectivity index (χ3n) is 2.47. The maximum Gasteiger partial charge on any atom is 0.321 e. The molecular formula is C13H21N3O4.